The second-order valence-corrected chi connectivity index (χ2v) is 8.19. The number of methoxy groups -OCH3 is 1. The molecule has 1 unspecified atom stereocenters. The first-order chi connectivity index (χ1) is 15.7. The van der Waals surface area contributed by atoms with Crippen molar-refractivity contribution in [1.82, 2.24) is 19.9 Å². The summed E-state index contributed by atoms with van der Waals surface area (Å²) in [5.74, 6) is 1.77. The van der Waals surface area contributed by atoms with E-state index in [-0.39, 0.29) is 11.9 Å². The lowest BCUT2D eigenvalue weighted by Crippen LogP contribution is -2.40. The Balaban J connectivity index is 1.66. The van der Waals surface area contributed by atoms with Gasteiger partial charge in [-0.15, -0.1) is 0 Å². The van der Waals surface area contributed by atoms with E-state index in [0.717, 1.165) is 72.6 Å². The molecule has 1 aliphatic heterocycles. The number of benzene rings is 1. The van der Waals surface area contributed by atoms with E-state index in [1.54, 1.807) is 19.5 Å². The van der Waals surface area contributed by atoms with E-state index >= 15 is 0 Å². The summed E-state index contributed by atoms with van der Waals surface area (Å²) in [5, 5.41) is 0. The minimum absolute atomic E-state index is 0.0451. The minimum Gasteiger partial charge on any atom is -0.497 e. The number of likely N-dealkylation sites (tertiary alicyclic amines) is 1. The molecule has 1 saturated heterocycles. The van der Waals surface area contributed by atoms with Crippen molar-refractivity contribution in [1.29, 1.82) is 0 Å². The van der Waals surface area contributed by atoms with E-state index < -0.39 is 0 Å². The van der Waals surface area contributed by atoms with Crippen molar-refractivity contribution in [3.05, 3.63) is 72.1 Å². The van der Waals surface area contributed by atoms with Gasteiger partial charge in [0.05, 0.1) is 25.3 Å². The number of ether oxygens (including phenoxy) is 1. The normalized spacial score (nSPS) is 16.1. The summed E-state index contributed by atoms with van der Waals surface area (Å²) in [6, 6.07) is 11.6. The van der Waals surface area contributed by atoms with Gasteiger partial charge in [0.1, 0.15) is 11.6 Å². The van der Waals surface area contributed by atoms with Crippen molar-refractivity contribution >= 4 is 5.91 Å². The molecule has 3 heterocycles. The van der Waals surface area contributed by atoms with Gasteiger partial charge in [-0.1, -0.05) is 19.1 Å². The fraction of sp³-hybridized carbons (Fsp3) is 0.385. The van der Waals surface area contributed by atoms with Gasteiger partial charge in [-0.05, 0) is 61.1 Å². The molecule has 1 amide bonds. The molecular weight excluding hydrogens is 400 g/mol. The first-order valence-corrected chi connectivity index (χ1v) is 11.4. The molecule has 0 spiro atoms. The van der Waals surface area contributed by atoms with E-state index in [1.807, 2.05) is 47.5 Å². The molecule has 0 bridgehead atoms. The molecule has 6 nitrogen and oxygen atoms in total. The van der Waals surface area contributed by atoms with Crippen molar-refractivity contribution in [3.63, 3.8) is 0 Å². The van der Waals surface area contributed by atoms with Crippen LogP contribution in [0.1, 0.15) is 55.7 Å². The summed E-state index contributed by atoms with van der Waals surface area (Å²) in [6.45, 7) is 2.88. The zero-order valence-electron chi connectivity index (χ0n) is 18.8. The van der Waals surface area contributed by atoms with Crippen LogP contribution in [0, 0.1) is 0 Å². The smallest absolute Gasteiger partial charge is 0.227 e. The van der Waals surface area contributed by atoms with Crippen LogP contribution in [0.25, 0.3) is 11.1 Å². The van der Waals surface area contributed by atoms with Gasteiger partial charge in [0, 0.05) is 37.1 Å². The van der Waals surface area contributed by atoms with Crippen LogP contribution in [0.2, 0.25) is 0 Å². The van der Waals surface area contributed by atoms with E-state index in [0.29, 0.717) is 6.42 Å². The molecule has 2 aromatic heterocycles. The maximum Gasteiger partial charge on any atom is 0.227 e. The monoisotopic (exact) mass is 430 g/mol. The van der Waals surface area contributed by atoms with Gasteiger partial charge < -0.3 is 9.64 Å². The Labute approximate surface area is 189 Å². The molecule has 4 rings (SSSR count). The maximum atomic E-state index is 13.4. The molecule has 1 aliphatic rings. The molecule has 166 valence electrons. The summed E-state index contributed by atoms with van der Waals surface area (Å²) < 4.78 is 5.24. The highest BCUT2D eigenvalue weighted by molar-refractivity contribution is 5.80. The summed E-state index contributed by atoms with van der Waals surface area (Å²) >= 11 is 0. The van der Waals surface area contributed by atoms with Gasteiger partial charge in [0.2, 0.25) is 5.91 Å². The SMILES string of the molecule is CCCc1ncc(-c2ccncc2)c(C2CCCCN2C(=O)Cc2ccc(OC)cc2)n1. The molecule has 6 heteroatoms. The van der Waals surface area contributed by atoms with Crippen molar-refractivity contribution in [3.8, 4) is 16.9 Å². The highest BCUT2D eigenvalue weighted by Gasteiger charge is 2.31. The first-order valence-electron chi connectivity index (χ1n) is 11.4. The molecule has 1 atom stereocenters. The summed E-state index contributed by atoms with van der Waals surface area (Å²) in [6.07, 6.45) is 10.7. The van der Waals surface area contributed by atoms with Crippen LogP contribution in [0.3, 0.4) is 0 Å². The number of hydrogen-bond donors (Lipinski definition) is 0. The van der Waals surface area contributed by atoms with Gasteiger partial charge in [-0.25, -0.2) is 9.97 Å². The summed E-state index contributed by atoms with van der Waals surface area (Å²) in [7, 11) is 1.65. The lowest BCUT2D eigenvalue weighted by atomic mass is 9.93. The average molecular weight is 431 g/mol. The lowest BCUT2D eigenvalue weighted by molar-refractivity contribution is -0.134. The highest BCUT2D eigenvalue weighted by atomic mass is 16.5. The molecule has 1 aromatic carbocycles. The third kappa shape index (κ3) is 4.96. The molecule has 1 fully saturated rings. The highest BCUT2D eigenvalue weighted by Crippen LogP contribution is 2.36. The third-order valence-corrected chi connectivity index (χ3v) is 5.99. The van der Waals surface area contributed by atoms with Crippen LogP contribution in [0.5, 0.6) is 5.75 Å². The van der Waals surface area contributed by atoms with Crippen molar-refractivity contribution in [2.45, 2.75) is 51.5 Å². The quantitative estimate of drug-likeness (QED) is 0.539. The Morgan fingerprint density at radius 1 is 1.12 bits per heavy atom. The average Bonchev–Trinajstić information content (AvgIpc) is 2.85. The van der Waals surface area contributed by atoms with Crippen LogP contribution in [-0.4, -0.2) is 39.4 Å². The number of aryl methyl sites for hydroxylation is 1. The topological polar surface area (TPSA) is 68.2 Å². The number of piperidine rings is 1. The Bertz CT molecular complexity index is 1040. The zero-order valence-corrected chi connectivity index (χ0v) is 18.8. The first kappa shape index (κ1) is 21.9. The van der Waals surface area contributed by atoms with Gasteiger partial charge in [0.15, 0.2) is 0 Å². The lowest BCUT2D eigenvalue weighted by Gasteiger charge is -2.36. The Hall–Kier alpha value is -3.28. The standard InChI is InChI=1S/C26H30N4O2/c1-3-6-24-28-18-22(20-12-14-27-15-13-20)26(29-24)23-7-4-5-16-30(23)25(31)17-19-8-10-21(32-2)11-9-19/h8-15,18,23H,3-7,16-17H2,1-2H3. The van der Waals surface area contributed by atoms with Gasteiger partial charge >= 0.3 is 0 Å². The van der Waals surface area contributed by atoms with E-state index in [9.17, 15) is 4.79 Å². The fourth-order valence-corrected chi connectivity index (χ4v) is 4.32. The fourth-order valence-electron chi connectivity index (χ4n) is 4.32. The third-order valence-electron chi connectivity index (χ3n) is 5.99. The number of nitrogens with zero attached hydrogens (tertiary/aromatic N) is 4. The van der Waals surface area contributed by atoms with Crippen LogP contribution < -0.4 is 4.74 Å². The number of carbonyl (C=O) groups is 1. The predicted octanol–water partition coefficient (Wildman–Crippen LogP) is 4.80. The number of hydrogen-bond acceptors (Lipinski definition) is 5. The Morgan fingerprint density at radius 2 is 1.91 bits per heavy atom. The van der Waals surface area contributed by atoms with Crippen molar-refractivity contribution in [2.75, 3.05) is 13.7 Å². The predicted molar refractivity (Wildman–Crippen MR) is 124 cm³/mol. The molecule has 0 radical (unpaired) electrons. The van der Waals surface area contributed by atoms with E-state index in [1.165, 1.54) is 0 Å². The number of aromatic nitrogens is 3. The van der Waals surface area contributed by atoms with Gasteiger partial charge in [-0.3, -0.25) is 9.78 Å². The number of amides is 1. The minimum atomic E-state index is -0.0451. The number of carbonyl (C=O) groups excluding carboxylic acids is 1. The largest absolute Gasteiger partial charge is 0.497 e. The van der Waals surface area contributed by atoms with Crippen molar-refractivity contribution in [2.24, 2.45) is 0 Å². The van der Waals surface area contributed by atoms with Crippen LogP contribution >= 0.6 is 0 Å². The molecule has 3 aromatic rings. The van der Waals surface area contributed by atoms with Gasteiger partial charge in [0.25, 0.3) is 0 Å². The van der Waals surface area contributed by atoms with Crippen LogP contribution in [0.4, 0.5) is 0 Å². The molecule has 0 N–H and O–H groups in total. The van der Waals surface area contributed by atoms with E-state index in [2.05, 4.69) is 16.9 Å². The molecule has 32 heavy (non-hydrogen) atoms. The number of rotatable bonds is 7. The summed E-state index contributed by atoms with van der Waals surface area (Å²) in [4.78, 5) is 29.2. The van der Waals surface area contributed by atoms with Crippen LogP contribution in [-0.2, 0) is 17.6 Å². The second kappa shape index (κ2) is 10.4. The molecular formula is C26H30N4O2. The Morgan fingerprint density at radius 3 is 2.62 bits per heavy atom. The van der Waals surface area contributed by atoms with Gasteiger partial charge in [-0.2, -0.15) is 0 Å². The number of pyridine rings is 1. The Kier molecular flexibility index (Phi) is 7.10. The second-order valence-electron chi connectivity index (χ2n) is 8.19. The van der Waals surface area contributed by atoms with Crippen LogP contribution in [0.15, 0.2) is 55.0 Å². The summed E-state index contributed by atoms with van der Waals surface area (Å²) in [5.41, 5.74) is 3.97. The van der Waals surface area contributed by atoms with Crippen molar-refractivity contribution < 1.29 is 9.53 Å². The molecule has 0 aliphatic carbocycles. The molecule has 0 saturated carbocycles. The zero-order chi connectivity index (χ0) is 22.3. The maximum absolute atomic E-state index is 13.4. The van der Waals surface area contributed by atoms with E-state index in [4.69, 9.17) is 9.72 Å².